The van der Waals surface area contributed by atoms with Gasteiger partial charge in [0.05, 0.1) is 24.1 Å². The van der Waals surface area contributed by atoms with Crippen LogP contribution in [0.5, 0.6) is 0 Å². The number of carbonyl (C=O) groups excluding carboxylic acids is 1. The minimum absolute atomic E-state index is 0.106. The number of nitrogens with one attached hydrogen (secondary N) is 2. The Labute approximate surface area is 136 Å². The van der Waals surface area contributed by atoms with Crippen LogP contribution in [0.3, 0.4) is 0 Å². The minimum Gasteiger partial charge on any atom is -0.481 e. The lowest BCUT2D eigenvalue weighted by Gasteiger charge is -2.28. The van der Waals surface area contributed by atoms with Gasteiger partial charge in [0.15, 0.2) is 0 Å². The van der Waals surface area contributed by atoms with Crippen molar-refractivity contribution in [3.05, 3.63) is 34.4 Å². The van der Waals surface area contributed by atoms with E-state index in [4.69, 9.17) is 9.84 Å². The monoisotopic (exact) mass is 368 g/mol. The van der Waals surface area contributed by atoms with Crippen LogP contribution in [-0.4, -0.2) is 41.2 Å². The fourth-order valence-corrected chi connectivity index (χ4v) is 3.02. The van der Waals surface area contributed by atoms with E-state index in [9.17, 15) is 9.59 Å². The zero-order chi connectivity index (χ0) is 16.3. The van der Waals surface area contributed by atoms with Crippen LogP contribution in [0.25, 0.3) is 10.9 Å². The number of benzene rings is 1. The van der Waals surface area contributed by atoms with Gasteiger partial charge in [-0.15, -0.1) is 0 Å². The van der Waals surface area contributed by atoms with Gasteiger partial charge in [-0.05, 0) is 19.1 Å². The predicted octanol–water partition coefficient (Wildman–Crippen LogP) is 2.54. The number of hydrogen-bond donors (Lipinski definition) is 3. The van der Waals surface area contributed by atoms with Gasteiger partial charge in [-0.2, -0.15) is 0 Å². The van der Waals surface area contributed by atoms with Crippen LogP contribution in [0, 0.1) is 0 Å². The summed E-state index contributed by atoms with van der Waals surface area (Å²) in [6.07, 6.45) is 1.38. The van der Waals surface area contributed by atoms with Crippen molar-refractivity contribution in [3.8, 4) is 0 Å². The molecule has 118 valence electrons. The zero-order valence-corrected chi connectivity index (χ0v) is 13.9. The van der Waals surface area contributed by atoms with E-state index in [1.165, 1.54) is 7.11 Å². The molecule has 0 aliphatic carbocycles. The summed E-state index contributed by atoms with van der Waals surface area (Å²) in [4.78, 5) is 26.6. The number of hydrogen-bond acceptors (Lipinski definition) is 3. The van der Waals surface area contributed by atoms with Crippen LogP contribution in [-0.2, 0) is 9.53 Å². The van der Waals surface area contributed by atoms with Gasteiger partial charge in [-0.25, -0.2) is 0 Å². The number of carboxylic acid groups (broad SMARTS) is 1. The maximum Gasteiger partial charge on any atom is 0.305 e. The van der Waals surface area contributed by atoms with Gasteiger partial charge in [0.1, 0.15) is 0 Å². The molecule has 2 aromatic rings. The number of carboxylic acids is 1. The molecule has 0 aliphatic heterocycles. The Kier molecular flexibility index (Phi) is 4.87. The van der Waals surface area contributed by atoms with Crippen LogP contribution in [0.4, 0.5) is 0 Å². The summed E-state index contributed by atoms with van der Waals surface area (Å²) in [5.41, 5.74) is 0.295. The Bertz CT molecular complexity index is 713. The minimum atomic E-state index is -1.00. The lowest BCUT2D eigenvalue weighted by atomic mass is 9.98. The molecule has 0 bridgehead atoms. The van der Waals surface area contributed by atoms with E-state index in [0.717, 1.165) is 15.4 Å². The average Bonchev–Trinajstić information content (AvgIpc) is 2.82. The molecule has 2 rings (SSSR count). The lowest BCUT2D eigenvalue weighted by Crippen LogP contribution is -2.50. The van der Waals surface area contributed by atoms with Crippen molar-refractivity contribution < 1.29 is 19.4 Å². The topological polar surface area (TPSA) is 91.4 Å². The number of methoxy groups -OCH3 is 1. The van der Waals surface area contributed by atoms with E-state index in [0.29, 0.717) is 5.56 Å². The van der Waals surface area contributed by atoms with Gasteiger partial charge >= 0.3 is 5.97 Å². The van der Waals surface area contributed by atoms with Crippen molar-refractivity contribution in [1.29, 1.82) is 0 Å². The second kappa shape index (κ2) is 6.50. The molecule has 1 atom stereocenters. The number of fused-ring (bicyclic) bond motifs is 1. The van der Waals surface area contributed by atoms with Crippen LogP contribution in [0.1, 0.15) is 23.7 Å². The standard InChI is InChI=1S/C15H17BrN2O4/c1-15(8-22-2,6-12(19)20)18-14(21)9-7-17-11-5-3-4-10(16)13(9)11/h3-5,7,17H,6,8H2,1-2H3,(H,18,21)(H,19,20). The molecular formula is C15H17BrN2O4. The van der Waals surface area contributed by atoms with Crippen LogP contribution in [0.15, 0.2) is 28.9 Å². The first kappa shape index (κ1) is 16.5. The smallest absolute Gasteiger partial charge is 0.305 e. The summed E-state index contributed by atoms with van der Waals surface area (Å²) >= 11 is 3.43. The van der Waals surface area contributed by atoms with Gasteiger partial charge < -0.3 is 20.1 Å². The largest absolute Gasteiger partial charge is 0.481 e. The highest BCUT2D eigenvalue weighted by atomic mass is 79.9. The summed E-state index contributed by atoms with van der Waals surface area (Å²) in [6.45, 7) is 1.75. The number of aromatic amines is 1. The number of aromatic nitrogens is 1. The predicted molar refractivity (Wildman–Crippen MR) is 86.0 cm³/mol. The number of aliphatic carboxylic acids is 1. The molecule has 0 saturated heterocycles. The molecule has 0 aliphatic rings. The maximum atomic E-state index is 12.5. The fraction of sp³-hybridized carbons (Fsp3) is 0.333. The summed E-state index contributed by atoms with van der Waals surface area (Å²) < 4.78 is 5.84. The first-order chi connectivity index (χ1) is 10.4. The normalized spacial score (nSPS) is 13.8. The molecule has 1 aromatic carbocycles. The summed E-state index contributed by atoms with van der Waals surface area (Å²) in [7, 11) is 1.47. The molecule has 0 fully saturated rings. The van der Waals surface area contributed by atoms with E-state index in [2.05, 4.69) is 26.2 Å². The first-order valence-corrected chi connectivity index (χ1v) is 7.44. The summed E-state index contributed by atoms with van der Waals surface area (Å²) in [5, 5.41) is 12.5. The number of carbonyl (C=O) groups is 2. The first-order valence-electron chi connectivity index (χ1n) is 6.65. The van der Waals surface area contributed by atoms with E-state index in [-0.39, 0.29) is 18.9 Å². The molecule has 1 aromatic heterocycles. The molecule has 1 amide bonds. The second-order valence-corrected chi connectivity index (χ2v) is 6.24. The molecule has 3 N–H and O–H groups in total. The number of H-pyrrole nitrogens is 1. The van der Waals surface area contributed by atoms with Crippen molar-refractivity contribution in [3.63, 3.8) is 0 Å². The second-order valence-electron chi connectivity index (χ2n) is 5.38. The van der Waals surface area contributed by atoms with Crippen molar-refractivity contribution in [2.45, 2.75) is 18.9 Å². The third-order valence-electron chi connectivity index (χ3n) is 3.32. The molecule has 22 heavy (non-hydrogen) atoms. The van der Waals surface area contributed by atoms with Gasteiger partial charge in [-0.3, -0.25) is 9.59 Å². The highest BCUT2D eigenvalue weighted by molar-refractivity contribution is 9.10. The third kappa shape index (κ3) is 3.48. The molecule has 1 heterocycles. The summed E-state index contributed by atoms with van der Waals surface area (Å²) in [6, 6.07) is 5.57. The molecule has 1 unspecified atom stereocenters. The molecule has 0 radical (unpaired) electrons. The van der Waals surface area contributed by atoms with E-state index >= 15 is 0 Å². The van der Waals surface area contributed by atoms with Crippen molar-refractivity contribution in [1.82, 2.24) is 10.3 Å². The highest BCUT2D eigenvalue weighted by Gasteiger charge is 2.30. The van der Waals surface area contributed by atoms with Gasteiger partial charge in [0.2, 0.25) is 0 Å². The maximum absolute atomic E-state index is 12.5. The van der Waals surface area contributed by atoms with E-state index in [1.54, 1.807) is 13.1 Å². The molecule has 6 nitrogen and oxygen atoms in total. The Morgan fingerprint density at radius 3 is 2.82 bits per heavy atom. The van der Waals surface area contributed by atoms with Gasteiger partial charge in [0, 0.05) is 28.7 Å². The van der Waals surface area contributed by atoms with E-state index in [1.807, 2.05) is 18.2 Å². The van der Waals surface area contributed by atoms with Crippen LogP contribution >= 0.6 is 15.9 Å². The molecule has 7 heteroatoms. The van der Waals surface area contributed by atoms with Crippen LogP contribution < -0.4 is 5.32 Å². The third-order valence-corrected chi connectivity index (χ3v) is 3.98. The van der Waals surface area contributed by atoms with Crippen molar-refractivity contribution in [2.75, 3.05) is 13.7 Å². The lowest BCUT2D eigenvalue weighted by molar-refractivity contribution is -0.139. The average molecular weight is 369 g/mol. The number of rotatable bonds is 6. The van der Waals surface area contributed by atoms with Gasteiger partial charge in [-0.1, -0.05) is 22.0 Å². The van der Waals surface area contributed by atoms with Crippen molar-refractivity contribution in [2.24, 2.45) is 0 Å². The fourth-order valence-electron chi connectivity index (χ4n) is 2.44. The number of amides is 1. The molecular weight excluding hydrogens is 352 g/mol. The number of halogens is 1. The Balaban J connectivity index is 2.31. The van der Waals surface area contributed by atoms with Crippen LogP contribution in [0.2, 0.25) is 0 Å². The molecule has 0 spiro atoms. The Morgan fingerprint density at radius 1 is 1.45 bits per heavy atom. The SMILES string of the molecule is COCC(C)(CC(=O)O)NC(=O)c1c[nH]c2cccc(Br)c12. The van der Waals surface area contributed by atoms with E-state index < -0.39 is 11.5 Å². The summed E-state index contributed by atoms with van der Waals surface area (Å²) in [5.74, 6) is -1.35. The highest BCUT2D eigenvalue weighted by Crippen LogP contribution is 2.27. The molecule has 0 saturated carbocycles. The quantitative estimate of drug-likeness (QED) is 0.730. The van der Waals surface area contributed by atoms with Gasteiger partial charge in [0.25, 0.3) is 5.91 Å². The number of ether oxygens (including phenoxy) is 1. The Morgan fingerprint density at radius 2 is 2.18 bits per heavy atom. The van der Waals surface area contributed by atoms with Crippen molar-refractivity contribution >= 4 is 38.7 Å². The zero-order valence-electron chi connectivity index (χ0n) is 12.3. The Hall–Kier alpha value is -1.86.